The molecule has 2 aromatic carbocycles. The summed E-state index contributed by atoms with van der Waals surface area (Å²) in [6.07, 6.45) is 0. The minimum absolute atomic E-state index is 0.603. The average Bonchev–Trinajstić information content (AvgIpc) is 2.63. The minimum atomic E-state index is -0.656. The number of nitrogens with zero attached hydrogens (tertiary/aromatic N) is 2. The van der Waals surface area contributed by atoms with Crippen LogP contribution in [0.2, 0.25) is 0 Å². The van der Waals surface area contributed by atoms with E-state index in [0.29, 0.717) is 11.4 Å². The largest absolute Gasteiger partial charge is 0.372 e. The number of benzene rings is 2. The van der Waals surface area contributed by atoms with Crippen LogP contribution in [0, 0.1) is 0 Å². The van der Waals surface area contributed by atoms with Crippen molar-refractivity contribution in [2.24, 2.45) is 0 Å². The number of anilines is 3. The SMILES string of the molecule is CCN(CC)c1ccc(NC(=O)C(=O)N(C)c2ccccc2)cc1. The zero-order chi connectivity index (χ0) is 17.5. The summed E-state index contributed by atoms with van der Waals surface area (Å²) in [7, 11) is 1.58. The first kappa shape index (κ1) is 17.5. The molecule has 0 aliphatic heterocycles. The molecule has 0 heterocycles. The highest BCUT2D eigenvalue weighted by atomic mass is 16.2. The van der Waals surface area contributed by atoms with Gasteiger partial charge in [-0.25, -0.2) is 0 Å². The van der Waals surface area contributed by atoms with Crippen LogP contribution < -0.4 is 15.1 Å². The van der Waals surface area contributed by atoms with Gasteiger partial charge >= 0.3 is 11.8 Å². The Morgan fingerprint density at radius 3 is 2.00 bits per heavy atom. The van der Waals surface area contributed by atoms with Crippen LogP contribution in [0.5, 0.6) is 0 Å². The van der Waals surface area contributed by atoms with Gasteiger partial charge < -0.3 is 15.1 Å². The van der Waals surface area contributed by atoms with Crippen molar-refractivity contribution in [3.05, 3.63) is 54.6 Å². The van der Waals surface area contributed by atoms with Crippen molar-refractivity contribution in [1.82, 2.24) is 0 Å². The molecule has 126 valence electrons. The van der Waals surface area contributed by atoms with Gasteiger partial charge in [0, 0.05) is 37.2 Å². The van der Waals surface area contributed by atoms with Crippen LogP contribution in [0.25, 0.3) is 0 Å². The summed E-state index contributed by atoms with van der Waals surface area (Å²) in [4.78, 5) is 27.9. The predicted molar refractivity (Wildman–Crippen MR) is 98.5 cm³/mol. The van der Waals surface area contributed by atoms with E-state index in [0.717, 1.165) is 18.8 Å². The maximum Gasteiger partial charge on any atom is 0.316 e. The molecule has 2 rings (SSSR count). The van der Waals surface area contributed by atoms with Crippen LogP contribution >= 0.6 is 0 Å². The first-order valence-corrected chi connectivity index (χ1v) is 8.06. The van der Waals surface area contributed by atoms with E-state index < -0.39 is 11.8 Å². The van der Waals surface area contributed by atoms with Crippen LogP contribution in [-0.2, 0) is 9.59 Å². The fourth-order valence-electron chi connectivity index (χ4n) is 2.45. The van der Waals surface area contributed by atoms with Crippen molar-refractivity contribution in [2.45, 2.75) is 13.8 Å². The van der Waals surface area contributed by atoms with Crippen LogP contribution in [0.1, 0.15) is 13.8 Å². The number of likely N-dealkylation sites (N-methyl/N-ethyl adjacent to an activating group) is 1. The third kappa shape index (κ3) is 4.13. The molecule has 1 N–H and O–H groups in total. The molecule has 2 aromatic rings. The Kier molecular flexibility index (Phi) is 5.95. The Bertz CT molecular complexity index is 680. The summed E-state index contributed by atoms with van der Waals surface area (Å²) >= 11 is 0. The second kappa shape index (κ2) is 8.15. The van der Waals surface area contributed by atoms with Crippen LogP contribution in [-0.4, -0.2) is 32.0 Å². The van der Waals surface area contributed by atoms with Crippen LogP contribution in [0.3, 0.4) is 0 Å². The fraction of sp³-hybridized carbons (Fsp3) is 0.263. The summed E-state index contributed by atoms with van der Waals surface area (Å²) in [5.74, 6) is -1.26. The minimum Gasteiger partial charge on any atom is -0.372 e. The first-order valence-electron chi connectivity index (χ1n) is 8.06. The Balaban J connectivity index is 2.02. The van der Waals surface area contributed by atoms with E-state index in [1.54, 1.807) is 31.3 Å². The molecule has 0 fully saturated rings. The van der Waals surface area contributed by atoms with Gasteiger partial charge in [-0.3, -0.25) is 9.59 Å². The van der Waals surface area contributed by atoms with Crippen molar-refractivity contribution >= 4 is 28.9 Å². The van der Waals surface area contributed by atoms with Gasteiger partial charge in [0.25, 0.3) is 0 Å². The molecule has 0 aliphatic carbocycles. The first-order chi connectivity index (χ1) is 11.6. The molecule has 0 aliphatic rings. The predicted octanol–water partition coefficient (Wildman–Crippen LogP) is 3.13. The molecule has 0 atom stereocenters. The van der Waals surface area contributed by atoms with Crippen molar-refractivity contribution < 1.29 is 9.59 Å². The lowest BCUT2D eigenvalue weighted by Crippen LogP contribution is -2.37. The topological polar surface area (TPSA) is 52.7 Å². The van der Waals surface area contributed by atoms with Gasteiger partial charge in [0.15, 0.2) is 0 Å². The third-order valence-corrected chi connectivity index (χ3v) is 3.90. The number of carbonyl (C=O) groups excluding carboxylic acids is 2. The van der Waals surface area contributed by atoms with E-state index >= 15 is 0 Å². The number of rotatable bonds is 5. The molecule has 0 spiro atoms. The Morgan fingerprint density at radius 1 is 0.875 bits per heavy atom. The van der Waals surface area contributed by atoms with Gasteiger partial charge in [0.1, 0.15) is 0 Å². The summed E-state index contributed by atoms with van der Waals surface area (Å²) in [5.41, 5.74) is 2.37. The molecule has 0 radical (unpaired) electrons. The van der Waals surface area contributed by atoms with E-state index in [9.17, 15) is 9.59 Å². The summed E-state index contributed by atoms with van der Waals surface area (Å²) in [6.45, 7) is 6.03. The highest BCUT2D eigenvalue weighted by Gasteiger charge is 2.19. The number of hydrogen-bond donors (Lipinski definition) is 1. The number of hydrogen-bond acceptors (Lipinski definition) is 3. The smallest absolute Gasteiger partial charge is 0.316 e. The molecule has 0 bridgehead atoms. The van der Waals surface area contributed by atoms with E-state index in [1.807, 2.05) is 30.3 Å². The monoisotopic (exact) mass is 325 g/mol. The molecule has 0 saturated heterocycles. The number of para-hydroxylation sites is 1. The second-order valence-corrected chi connectivity index (χ2v) is 5.37. The number of amides is 2. The van der Waals surface area contributed by atoms with Crippen LogP contribution in [0.15, 0.2) is 54.6 Å². The maximum atomic E-state index is 12.2. The van der Waals surface area contributed by atoms with Crippen LogP contribution in [0.4, 0.5) is 17.1 Å². The highest BCUT2D eigenvalue weighted by molar-refractivity contribution is 6.44. The molecule has 0 unspecified atom stereocenters. The molecule has 0 aromatic heterocycles. The second-order valence-electron chi connectivity index (χ2n) is 5.37. The number of carbonyl (C=O) groups is 2. The molecular weight excluding hydrogens is 302 g/mol. The summed E-state index contributed by atoms with van der Waals surface area (Å²) in [5, 5.41) is 2.65. The van der Waals surface area contributed by atoms with Crippen molar-refractivity contribution in [3.8, 4) is 0 Å². The lowest BCUT2D eigenvalue weighted by atomic mass is 10.2. The van der Waals surface area contributed by atoms with Crippen molar-refractivity contribution in [2.75, 3.05) is 35.3 Å². The van der Waals surface area contributed by atoms with Gasteiger partial charge in [0.2, 0.25) is 0 Å². The molecule has 0 saturated carbocycles. The van der Waals surface area contributed by atoms with Gasteiger partial charge in [-0.05, 0) is 50.2 Å². The van der Waals surface area contributed by atoms with E-state index in [2.05, 4.69) is 24.1 Å². The number of nitrogens with one attached hydrogen (secondary N) is 1. The van der Waals surface area contributed by atoms with Gasteiger partial charge in [-0.2, -0.15) is 0 Å². The highest BCUT2D eigenvalue weighted by Crippen LogP contribution is 2.18. The van der Waals surface area contributed by atoms with Crippen molar-refractivity contribution in [1.29, 1.82) is 0 Å². The van der Waals surface area contributed by atoms with Crippen molar-refractivity contribution in [3.63, 3.8) is 0 Å². The molecule has 5 heteroatoms. The Labute approximate surface area is 142 Å². The Morgan fingerprint density at radius 2 is 1.46 bits per heavy atom. The molecule has 5 nitrogen and oxygen atoms in total. The molecular formula is C19H23N3O2. The zero-order valence-corrected chi connectivity index (χ0v) is 14.3. The van der Waals surface area contributed by atoms with Gasteiger partial charge in [-0.15, -0.1) is 0 Å². The van der Waals surface area contributed by atoms with E-state index in [1.165, 1.54) is 4.90 Å². The van der Waals surface area contributed by atoms with E-state index in [-0.39, 0.29) is 0 Å². The van der Waals surface area contributed by atoms with E-state index in [4.69, 9.17) is 0 Å². The lowest BCUT2D eigenvalue weighted by molar-refractivity contribution is -0.134. The fourth-order valence-corrected chi connectivity index (χ4v) is 2.45. The molecule has 2 amide bonds. The third-order valence-electron chi connectivity index (χ3n) is 3.90. The maximum absolute atomic E-state index is 12.2. The molecule has 24 heavy (non-hydrogen) atoms. The normalized spacial score (nSPS) is 10.1. The Hall–Kier alpha value is -2.82. The standard InChI is InChI=1S/C19H23N3O2/c1-4-22(5-2)17-13-11-15(12-14-17)20-18(23)19(24)21(3)16-9-7-6-8-10-16/h6-14H,4-5H2,1-3H3,(H,20,23). The average molecular weight is 325 g/mol. The summed E-state index contributed by atoms with van der Waals surface area (Å²) in [6, 6.07) is 16.6. The lowest BCUT2D eigenvalue weighted by Gasteiger charge is -2.21. The summed E-state index contributed by atoms with van der Waals surface area (Å²) < 4.78 is 0. The quantitative estimate of drug-likeness (QED) is 0.859. The zero-order valence-electron chi connectivity index (χ0n) is 14.3. The van der Waals surface area contributed by atoms with Gasteiger partial charge in [0.05, 0.1) is 0 Å². The van der Waals surface area contributed by atoms with Gasteiger partial charge in [-0.1, -0.05) is 18.2 Å².